The van der Waals surface area contributed by atoms with Gasteiger partial charge in [0.15, 0.2) is 0 Å². The quantitative estimate of drug-likeness (QED) is 0.258. The van der Waals surface area contributed by atoms with Crippen LogP contribution in [0.4, 0.5) is 0 Å². The molecule has 1 N–H and O–H groups in total. The zero-order chi connectivity index (χ0) is 13.1. The van der Waals surface area contributed by atoms with Crippen molar-refractivity contribution in [1.82, 2.24) is 0 Å². The van der Waals surface area contributed by atoms with Crippen LogP contribution in [0.1, 0.15) is 59.3 Å². The number of unbranched alkanes of at least 4 members (excludes halogenated alkanes) is 2. The molecule has 102 valence electrons. The van der Waals surface area contributed by atoms with Gasteiger partial charge in [0.2, 0.25) is 5.79 Å². The molecule has 0 aromatic carbocycles. The van der Waals surface area contributed by atoms with Crippen LogP contribution in [0.2, 0.25) is 0 Å². The fraction of sp³-hybridized carbons (Fsp3) is 0.846. The van der Waals surface area contributed by atoms with Crippen LogP contribution in [0.3, 0.4) is 0 Å². The highest BCUT2D eigenvalue weighted by Crippen LogP contribution is 2.27. The van der Waals surface area contributed by atoms with Crippen molar-refractivity contribution in [3.05, 3.63) is 12.2 Å². The van der Waals surface area contributed by atoms with Crippen LogP contribution < -0.4 is 0 Å². The highest BCUT2D eigenvalue weighted by Gasteiger charge is 2.33. The van der Waals surface area contributed by atoms with Gasteiger partial charge in [0.05, 0.1) is 0 Å². The summed E-state index contributed by atoms with van der Waals surface area (Å²) < 4.78 is 0. The molecule has 0 amide bonds. The Labute approximate surface area is 104 Å². The Kier molecular flexibility index (Phi) is 9.36. The lowest BCUT2D eigenvalue weighted by molar-refractivity contribution is -0.501. The highest BCUT2D eigenvalue weighted by molar-refractivity contribution is 4.86. The molecule has 0 bridgehead atoms. The molecule has 0 atom stereocenters. The molecule has 0 radical (unpaired) electrons. The van der Waals surface area contributed by atoms with Gasteiger partial charge in [-0.2, -0.15) is 4.89 Å². The summed E-state index contributed by atoms with van der Waals surface area (Å²) in [6.45, 7) is 10.0. The second kappa shape index (κ2) is 9.59. The lowest BCUT2D eigenvalue weighted by atomic mass is 10.0. The summed E-state index contributed by atoms with van der Waals surface area (Å²) in [6.07, 6.45) is 5.11. The van der Waals surface area contributed by atoms with E-state index in [1.165, 1.54) is 0 Å². The SMILES string of the molecule is C=C(C)COOC(CCCC)(CCCC)OO. The normalized spacial score (nSPS) is 11.8. The van der Waals surface area contributed by atoms with E-state index in [4.69, 9.17) is 15.0 Å². The van der Waals surface area contributed by atoms with Crippen molar-refractivity contribution in [2.24, 2.45) is 0 Å². The minimum atomic E-state index is -1.03. The summed E-state index contributed by atoms with van der Waals surface area (Å²) in [6, 6.07) is 0. The predicted octanol–water partition coefficient (Wildman–Crippen LogP) is 4.08. The molecule has 0 unspecified atom stereocenters. The third kappa shape index (κ3) is 7.49. The predicted molar refractivity (Wildman–Crippen MR) is 67.3 cm³/mol. The fourth-order valence-electron chi connectivity index (χ4n) is 1.44. The van der Waals surface area contributed by atoms with E-state index in [1.54, 1.807) is 0 Å². The monoisotopic (exact) mass is 246 g/mol. The molecule has 0 fully saturated rings. The summed E-state index contributed by atoms with van der Waals surface area (Å²) in [5.41, 5.74) is 0.864. The molecule has 0 spiro atoms. The molecule has 0 aromatic rings. The van der Waals surface area contributed by atoms with Gasteiger partial charge in [-0.1, -0.05) is 38.8 Å². The largest absolute Gasteiger partial charge is 0.249 e. The van der Waals surface area contributed by atoms with E-state index >= 15 is 0 Å². The van der Waals surface area contributed by atoms with Gasteiger partial charge in [0.25, 0.3) is 0 Å². The second-order valence-electron chi connectivity index (χ2n) is 4.51. The van der Waals surface area contributed by atoms with E-state index < -0.39 is 5.79 Å². The first kappa shape index (κ1) is 16.6. The van der Waals surface area contributed by atoms with Crippen molar-refractivity contribution < 1.29 is 19.9 Å². The minimum absolute atomic E-state index is 0.309. The van der Waals surface area contributed by atoms with Crippen LogP contribution in [-0.4, -0.2) is 17.7 Å². The maximum Gasteiger partial charge on any atom is 0.233 e. The molecule has 0 aliphatic heterocycles. The smallest absolute Gasteiger partial charge is 0.233 e. The second-order valence-corrected chi connectivity index (χ2v) is 4.51. The molecule has 0 rings (SSSR count). The lowest BCUT2D eigenvalue weighted by Gasteiger charge is -2.28. The van der Waals surface area contributed by atoms with Crippen molar-refractivity contribution in [2.45, 2.75) is 65.1 Å². The number of hydrogen-bond donors (Lipinski definition) is 1. The van der Waals surface area contributed by atoms with Gasteiger partial charge in [-0.05, 0) is 19.8 Å². The van der Waals surface area contributed by atoms with E-state index in [0.29, 0.717) is 19.4 Å². The standard InChI is InChI=1S/C13H26O4/c1-5-7-9-13(16-14,10-8-6-2)17-15-11-12(3)4/h14H,3,5-11H2,1-2,4H3. The topological polar surface area (TPSA) is 47.9 Å². The number of hydrogen-bond acceptors (Lipinski definition) is 4. The molecule has 0 saturated carbocycles. The van der Waals surface area contributed by atoms with Crippen LogP contribution in [0.25, 0.3) is 0 Å². The maximum atomic E-state index is 9.07. The Bertz CT molecular complexity index is 196. The number of rotatable bonds is 11. The lowest BCUT2D eigenvalue weighted by Crippen LogP contribution is -2.35. The minimum Gasteiger partial charge on any atom is -0.249 e. The van der Waals surface area contributed by atoms with Gasteiger partial charge >= 0.3 is 0 Å². The van der Waals surface area contributed by atoms with Crippen molar-refractivity contribution in [2.75, 3.05) is 6.61 Å². The van der Waals surface area contributed by atoms with Crippen LogP contribution >= 0.6 is 0 Å². The van der Waals surface area contributed by atoms with Crippen LogP contribution in [0.15, 0.2) is 12.2 Å². The summed E-state index contributed by atoms with van der Waals surface area (Å²) >= 11 is 0. The molecule has 0 aliphatic rings. The molecule has 4 nitrogen and oxygen atoms in total. The summed E-state index contributed by atoms with van der Waals surface area (Å²) in [5, 5.41) is 9.07. The van der Waals surface area contributed by atoms with Gasteiger partial charge in [-0.3, -0.25) is 0 Å². The van der Waals surface area contributed by atoms with E-state index in [1.807, 2.05) is 6.92 Å². The molecule has 0 aliphatic carbocycles. The van der Waals surface area contributed by atoms with E-state index in [2.05, 4.69) is 25.3 Å². The van der Waals surface area contributed by atoms with Crippen molar-refractivity contribution in [3.63, 3.8) is 0 Å². The van der Waals surface area contributed by atoms with Crippen molar-refractivity contribution >= 4 is 0 Å². The average molecular weight is 246 g/mol. The molecular formula is C13H26O4. The van der Waals surface area contributed by atoms with Crippen LogP contribution in [-0.2, 0) is 14.7 Å². The molecule has 0 saturated heterocycles. The summed E-state index contributed by atoms with van der Waals surface area (Å²) in [7, 11) is 0. The maximum absolute atomic E-state index is 9.07. The molecule has 4 heteroatoms. The molecule has 17 heavy (non-hydrogen) atoms. The van der Waals surface area contributed by atoms with E-state index in [9.17, 15) is 0 Å². The fourth-order valence-corrected chi connectivity index (χ4v) is 1.44. The van der Waals surface area contributed by atoms with Gasteiger partial charge in [-0.15, -0.1) is 0 Å². The zero-order valence-corrected chi connectivity index (χ0v) is 11.3. The van der Waals surface area contributed by atoms with E-state index in [-0.39, 0.29) is 0 Å². The van der Waals surface area contributed by atoms with Crippen LogP contribution in [0.5, 0.6) is 0 Å². The molecule has 0 heterocycles. The average Bonchev–Trinajstić information content (AvgIpc) is 2.32. The van der Waals surface area contributed by atoms with Gasteiger partial charge in [0, 0.05) is 12.8 Å². The summed E-state index contributed by atoms with van der Waals surface area (Å²) in [5.74, 6) is -1.03. The Balaban J connectivity index is 4.26. The van der Waals surface area contributed by atoms with Gasteiger partial charge in [0.1, 0.15) is 6.61 Å². The first-order chi connectivity index (χ1) is 8.10. The van der Waals surface area contributed by atoms with Gasteiger partial charge < -0.3 is 0 Å². The Morgan fingerprint density at radius 2 is 1.71 bits per heavy atom. The molecular weight excluding hydrogens is 220 g/mol. The first-order valence-electron chi connectivity index (χ1n) is 6.37. The third-order valence-corrected chi connectivity index (χ3v) is 2.50. The van der Waals surface area contributed by atoms with E-state index in [0.717, 1.165) is 31.3 Å². The highest BCUT2D eigenvalue weighted by atomic mass is 17.3. The van der Waals surface area contributed by atoms with Gasteiger partial charge in [-0.25, -0.2) is 15.0 Å². The molecule has 0 aromatic heterocycles. The Morgan fingerprint density at radius 3 is 2.06 bits per heavy atom. The van der Waals surface area contributed by atoms with Crippen LogP contribution in [0, 0.1) is 0 Å². The Morgan fingerprint density at radius 1 is 1.18 bits per heavy atom. The first-order valence-corrected chi connectivity index (χ1v) is 6.37. The van der Waals surface area contributed by atoms with Crippen molar-refractivity contribution in [3.8, 4) is 0 Å². The Hall–Kier alpha value is -0.420. The summed E-state index contributed by atoms with van der Waals surface area (Å²) in [4.78, 5) is 14.9. The van der Waals surface area contributed by atoms with Crippen molar-refractivity contribution in [1.29, 1.82) is 0 Å². The zero-order valence-electron chi connectivity index (χ0n) is 11.3. The third-order valence-electron chi connectivity index (χ3n) is 2.50.